The molecule has 7 nitrogen and oxygen atoms in total. The van der Waals surface area contributed by atoms with E-state index in [1.54, 1.807) is 27.7 Å². The lowest BCUT2D eigenvalue weighted by molar-refractivity contribution is -0.118. The van der Waals surface area contributed by atoms with E-state index < -0.39 is 27.6 Å². The Balaban J connectivity index is 2.41. The molecule has 0 aliphatic heterocycles. The first-order valence-electron chi connectivity index (χ1n) is 9.83. The zero-order valence-electron chi connectivity index (χ0n) is 18.5. The van der Waals surface area contributed by atoms with Crippen LogP contribution in [0.3, 0.4) is 0 Å². The first kappa shape index (κ1) is 25.1. The van der Waals surface area contributed by atoms with Gasteiger partial charge in [-0.25, -0.2) is 13.6 Å². The van der Waals surface area contributed by atoms with Crippen molar-refractivity contribution in [3.8, 4) is 6.07 Å². The number of hydrogen-bond acceptors (Lipinski definition) is 6. The number of aliphatic hydroxyl groups is 1. The van der Waals surface area contributed by atoms with Gasteiger partial charge in [0.25, 0.3) is 0 Å². The zero-order valence-corrected chi connectivity index (χ0v) is 20.2. The van der Waals surface area contributed by atoms with Gasteiger partial charge in [-0.15, -0.1) is 11.3 Å². The lowest BCUT2D eigenvalue weighted by Gasteiger charge is -2.23. The number of thiazole rings is 1. The van der Waals surface area contributed by atoms with Crippen LogP contribution >= 0.6 is 11.3 Å². The molecule has 0 atom stereocenters. The Kier molecular flexibility index (Phi) is 7.38. The smallest absolute Gasteiger partial charge is 0.235 e. The number of rotatable bonds is 7. The maximum atomic E-state index is 14.9. The quantitative estimate of drug-likeness (QED) is 0.464. The summed E-state index contributed by atoms with van der Waals surface area (Å²) in [6.07, 6.45) is 1.13. The molecule has 0 fully saturated rings. The second kappa shape index (κ2) is 9.12. The summed E-state index contributed by atoms with van der Waals surface area (Å²) >= 11 is 0.959. The van der Waals surface area contributed by atoms with Gasteiger partial charge in [0.2, 0.25) is 5.91 Å². The van der Waals surface area contributed by atoms with E-state index >= 15 is 0 Å². The highest BCUT2D eigenvalue weighted by Gasteiger charge is 2.27. The van der Waals surface area contributed by atoms with E-state index in [-0.39, 0.29) is 28.2 Å². The van der Waals surface area contributed by atoms with Crippen LogP contribution in [0.2, 0.25) is 0 Å². The largest absolute Gasteiger partial charge is 0.385 e. The number of nitrogens with two attached hydrogens (primary N) is 1. The molecule has 0 radical (unpaired) electrons. The number of carbonyl (C=O) groups is 1. The SMILES string of the molecule is CC(C)c1cc(C#N)c(F)c(C(C)C)c1CC(=O)N[SH](N)(=O)c1ncc(C(C)(C)O)s1. The maximum Gasteiger partial charge on any atom is 0.235 e. The van der Waals surface area contributed by atoms with E-state index in [0.29, 0.717) is 21.6 Å². The van der Waals surface area contributed by atoms with Gasteiger partial charge >= 0.3 is 0 Å². The minimum atomic E-state index is -3.84. The van der Waals surface area contributed by atoms with Crippen LogP contribution in [0.4, 0.5) is 4.39 Å². The fourth-order valence-corrected chi connectivity index (χ4v) is 5.68. The summed E-state index contributed by atoms with van der Waals surface area (Å²) in [6, 6.07) is 3.34. The van der Waals surface area contributed by atoms with E-state index in [2.05, 4.69) is 9.71 Å². The van der Waals surface area contributed by atoms with Crippen LogP contribution in [0, 0.1) is 17.1 Å². The second-order valence-electron chi connectivity index (χ2n) is 8.58. The number of thiol groups is 1. The number of nitrogens with zero attached hydrogens (tertiary/aromatic N) is 2. The number of hydrogen-bond donors (Lipinski definition) is 4. The van der Waals surface area contributed by atoms with Crippen LogP contribution in [-0.4, -0.2) is 20.2 Å². The Labute approximate surface area is 187 Å². The Hall–Kier alpha value is -2.19. The molecule has 31 heavy (non-hydrogen) atoms. The molecule has 1 heterocycles. The minimum absolute atomic E-state index is 0.0113. The zero-order chi connectivity index (χ0) is 23.7. The molecule has 0 saturated carbocycles. The number of carbonyl (C=O) groups excluding carboxylic acids is 1. The predicted molar refractivity (Wildman–Crippen MR) is 120 cm³/mol. The van der Waals surface area contributed by atoms with Crippen molar-refractivity contribution in [3.63, 3.8) is 0 Å². The standard InChI is InChI=1S/C21H29FN4O3S2/c1-11(2)14-7-13(9-23)19(22)18(12(3)4)15(14)8-17(27)26-31(24,29)20-25-10-16(30-20)21(5,6)28/h7,10-12,28,31H,8H2,1-6H3,(H3,24,26,27,29). The average molecular weight is 469 g/mol. The van der Waals surface area contributed by atoms with Crippen LogP contribution in [0.15, 0.2) is 16.6 Å². The van der Waals surface area contributed by atoms with Gasteiger partial charge in [-0.05, 0) is 48.4 Å². The average Bonchev–Trinajstić information content (AvgIpc) is 3.12. The molecule has 0 unspecified atom stereocenters. The van der Waals surface area contributed by atoms with Gasteiger partial charge in [-0.2, -0.15) is 5.26 Å². The summed E-state index contributed by atoms with van der Waals surface area (Å²) < 4.78 is 30.2. The van der Waals surface area contributed by atoms with E-state index in [1.165, 1.54) is 12.3 Å². The van der Waals surface area contributed by atoms with Crippen molar-refractivity contribution >= 4 is 27.5 Å². The molecule has 10 heteroatoms. The van der Waals surface area contributed by atoms with Crippen LogP contribution in [0.25, 0.3) is 0 Å². The second-order valence-corrected chi connectivity index (χ2v) is 11.9. The third kappa shape index (κ3) is 5.54. The van der Waals surface area contributed by atoms with Gasteiger partial charge in [0.15, 0.2) is 4.34 Å². The molecule has 0 bridgehead atoms. The molecular weight excluding hydrogens is 439 g/mol. The monoisotopic (exact) mass is 468 g/mol. The fourth-order valence-electron chi connectivity index (χ4n) is 3.27. The van der Waals surface area contributed by atoms with Gasteiger partial charge < -0.3 is 5.11 Å². The normalized spacial score (nSPS) is 12.8. The highest BCUT2D eigenvalue weighted by Crippen LogP contribution is 2.33. The molecule has 1 aromatic heterocycles. The Morgan fingerprint density at radius 2 is 2.00 bits per heavy atom. The summed E-state index contributed by atoms with van der Waals surface area (Å²) in [5.74, 6) is -1.62. The summed E-state index contributed by atoms with van der Waals surface area (Å²) in [5, 5.41) is 25.3. The molecular formula is C21H29FN4O3S2. The van der Waals surface area contributed by atoms with Crippen molar-refractivity contribution in [2.24, 2.45) is 5.14 Å². The van der Waals surface area contributed by atoms with Crippen LogP contribution in [0.1, 0.15) is 80.5 Å². The Bertz CT molecular complexity index is 1080. The van der Waals surface area contributed by atoms with Crippen molar-refractivity contribution in [3.05, 3.63) is 45.2 Å². The van der Waals surface area contributed by atoms with Crippen molar-refractivity contribution in [1.29, 1.82) is 5.26 Å². The fraction of sp³-hybridized carbons (Fsp3) is 0.476. The van der Waals surface area contributed by atoms with Gasteiger partial charge in [0.1, 0.15) is 11.9 Å². The van der Waals surface area contributed by atoms with Gasteiger partial charge in [0.05, 0.1) is 32.8 Å². The molecule has 2 aromatic rings. The van der Waals surface area contributed by atoms with Crippen molar-refractivity contribution in [2.45, 2.75) is 69.7 Å². The van der Waals surface area contributed by atoms with Crippen LogP contribution in [-0.2, 0) is 27.1 Å². The molecule has 0 aliphatic carbocycles. The van der Waals surface area contributed by atoms with Gasteiger partial charge in [0, 0.05) is 6.20 Å². The topological polar surface area (TPSA) is 129 Å². The summed E-state index contributed by atoms with van der Waals surface area (Å²) in [5.41, 5.74) is 0.196. The lowest BCUT2D eigenvalue weighted by atomic mass is 9.85. The maximum absolute atomic E-state index is 14.9. The third-order valence-corrected chi connectivity index (χ3v) is 8.24. The third-order valence-electron chi connectivity index (χ3n) is 4.77. The van der Waals surface area contributed by atoms with Crippen molar-refractivity contribution in [1.82, 2.24) is 9.71 Å². The molecule has 0 spiro atoms. The molecule has 4 N–H and O–H groups in total. The number of amides is 1. The molecule has 2 rings (SSSR count). The van der Waals surface area contributed by atoms with E-state index in [0.717, 1.165) is 11.3 Å². The lowest BCUT2D eigenvalue weighted by Crippen LogP contribution is -2.43. The summed E-state index contributed by atoms with van der Waals surface area (Å²) in [6.45, 7) is 10.5. The number of nitrogens with one attached hydrogen (secondary N) is 1. The number of aromatic nitrogens is 1. The Morgan fingerprint density at radius 1 is 1.39 bits per heavy atom. The molecule has 1 aromatic carbocycles. The van der Waals surface area contributed by atoms with Crippen molar-refractivity contribution < 1.29 is 18.5 Å². The van der Waals surface area contributed by atoms with E-state index in [4.69, 9.17) is 5.14 Å². The first-order chi connectivity index (χ1) is 14.2. The van der Waals surface area contributed by atoms with Gasteiger partial charge in [-0.1, -0.05) is 27.7 Å². The summed E-state index contributed by atoms with van der Waals surface area (Å²) in [4.78, 5) is 17.3. The van der Waals surface area contributed by atoms with Crippen LogP contribution in [0.5, 0.6) is 0 Å². The highest BCUT2D eigenvalue weighted by molar-refractivity contribution is 8.01. The van der Waals surface area contributed by atoms with Crippen LogP contribution < -0.4 is 9.86 Å². The number of benzene rings is 1. The van der Waals surface area contributed by atoms with Crippen molar-refractivity contribution in [2.75, 3.05) is 0 Å². The predicted octanol–water partition coefficient (Wildman–Crippen LogP) is 3.15. The molecule has 170 valence electrons. The summed E-state index contributed by atoms with van der Waals surface area (Å²) in [7, 11) is -3.84. The molecule has 0 aliphatic rings. The van der Waals surface area contributed by atoms with E-state index in [9.17, 15) is 23.8 Å². The minimum Gasteiger partial charge on any atom is -0.385 e. The van der Waals surface area contributed by atoms with E-state index in [1.807, 2.05) is 19.9 Å². The molecule has 0 saturated heterocycles. The number of halogens is 1. The highest BCUT2D eigenvalue weighted by atomic mass is 32.3. The number of nitriles is 1. The molecule has 1 amide bonds. The van der Waals surface area contributed by atoms with Gasteiger partial charge in [-0.3, -0.25) is 14.7 Å². The Morgan fingerprint density at radius 3 is 2.45 bits per heavy atom. The first-order valence-corrected chi connectivity index (χ1v) is 12.4.